The largest absolute Gasteiger partial charge is 0.417 e. The summed E-state index contributed by atoms with van der Waals surface area (Å²) in [7, 11) is 0. The maximum absolute atomic E-state index is 13.1. The second kappa shape index (κ2) is 9.90. The molecule has 0 aliphatic heterocycles. The smallest absolute Gasteiger partial charge is 0.325 e. The maximum atomic E-state index is 13.1. The maximum Gasteiger partial charge on any atom is 0.417 e. The summed E-state index contributed by atoms with van der Waals surface area (Å²) in [5.74, 6) is 0.0444. The number of alkyl halides is 3. The number of nitrogens with zero attached hydrogens (tertiary/aromatic N) is 3. The van der Waals surface area contributed by atoms with Gasteiger partial charge in [-0.25, -0.2) is 0 Å². The van der Waals surface area contributed by atoms with Crippen molar-refractivity contribution in [2.24, 2.45) is 0 Å². The normalized spacial score (nSPS) is 11.4. The number of carbonyl (C=O) groups excluding carboxylic acids is 1. The third kappa shape index (κ3) is 5.43. The molecular weight excluding hydrogens is 485 g/mol. The zero-order valence-corrected chi connectivity index (χ0v) is 19.4. The monoisotopic (exact) mass is 502 g/mol. The van der Waals surface area contributed by atoms with Crippen molar-refractivity contribution in [1.82, 2.24) is 14.8 Å². The van der Waals surface area contributed by atoms with Crippen molar-refractivity contribution in [3.63, 3.8) is 0 Å². The highest BCUT2D eigenvalue weighted by Crippen LogP contribution is 2.36. The van der Waals surface area contributed by atoms with Crippen molar-refractivity contribution < 1.29 is 18.0 Å². The molecule has 0 spiro atoms. The van der Waals surface area contributed by atoms with E-state index < -0.39 is 22.7 Å². The van der Waals surface area contributed by atoms with E-state index in [9.17, 15) is 18.0 Å². The standard InChI is InChI=1S/C24H18ClF3N4OS/c1-15-7-10-18(11-8-15)32-22(16-5-3-2-4-6-16)30-31-23(32)34-14-21(33)29-17-9-12-20(25)19(13-17)24(26,27)28/h2-13H,14H2,1H3,(H,29,33). The number of thioether (sulfide) groups is 1. The summed E-state index contributed by atoms with van der Waals surface area (Å²) in [6.07, 6.45) is -4.62. The van der Waals surface area contributed by atoms with Crippen LogP contribution in [0.3, 0.4) is 0 Å². The van der Waals surface area contributed by atoms with Crippen molar-refractivity contribution in [1.29, 1.82) is 0 Å². The molecule has 3 aromatic carbocycles. The molecule has 0 unspecified atom stereocenters. The fourth-order valence-electron chi connectivity index (χ4n) is 3.21. The van der Waals surface area contributed by atoms with Crippen LogP contribution < -0.4 is 5.32 Å². The predicted molar refractivity (Wildman–Crippen MR) is 127 cm³/mol. The van der Waals surface area contributed by atoms with Gasteiger partial charge < -0.3 is 5.32 Å². The third-order valence-corrected chi connectivity index (χ3v) is 6.10. The number of anilines is 1. The van der Waals surface area contributed by atoms with E-state index in [2.05, 4.69) is 15.5 Å². The highest BCUT2D eigenvalue weighted by molar-refractivity contribution is 7.99. The first-order valence-corrected chi connectivity index (χ1v) is 11.5. The second-order valence-corrected chi connectivity index (χ2v) is 8.72. The Kier molecular flexibility index (Phi) is 6.95. The number of nitrogens with one attached hydrogen (secondary N) is 1. The van der Waals surface area contributed by atoms with E-state index >= 15 is 0 Å². The molecule has 1 N–H and O–H groups in total. The van der Waals surface area contributed by atoms with Crippen molar-refractivity contribution >= 4 is 35.0 Å². The van der Waals surface area contributed by atoms with Gasteiger partial charge in [0, 0.05) is 16.9 Å². The first kappa shape index (κ1) is 23.8. The van der Waals surface area contributed by atoms with Crippen LogP contribution in [-0.2, 0) is 11.0 Å². The van der Waals surface area contributed by atoms with Gasteiger partial charge in [-0.15, -0.1) is 10.2 Å². The Hall–Kier alpha value is -3.30. The fraction of sp³-hybridized carbons (Fsp3) is 0.125. The highest BCUT2D eigenvalue weighted by Gasteiger charge is 2.33. The minimum absolute atomic E-state index is 0.00676. The summed E-state index contributed by atoms with van der Waals surface area (Å²) >= 11 is 6.77. The van der Waals surface area contributed by atoms with Gasteiger partial charge in [0.25, 0.3) is 0 Å². The van der Waals surface area contributed by atoms with Crippen LogP contribution in [-0.4, -0.2) is 26.4 Å². The van der Waals surface area contributed by atoms with Crippen LogP contribution in [0.25, 0.3) is 17.1 Å². The van der Waals surface area contributed by atoms with Crippen molar-refractivity contribution in [2.75, 3.05) is 11.1 Å². The number of hydrogen-bond donors (Lipinski definition) is 1. The van der Waals surface area contributed by atoms with Crippen molar-refractivity contribution in [3.8, 4) is 17.1 Å². The Labute approximate surface area is 203 Å². The van der Waals surface area contributed by atoms with Crippen LogP contribution in [0.5, 0.6) is 0 Å². The van der Waals surface area contributed by atoms with E-state index in [0.717, 1.165) is 40.7 Å². The third-order valence-electron chi connectivity index (χ3n) is 4.85. The van der Waals surface area contributed by atoms with E-state index in [0.29, 0.717) is 11.0 Å². The lowest BCUT2D eigenvalue weighted by Gasteiger charge is -2.12. The number of aromatic nitrogens is 3. The topological polar surface area (TPSA) is 59.8 Å². The molecule has 34 heavy (non-hydrogen) atoms. The molecule has 0 saturated heterocycles. The zero-order chi connectivity index (χ0) is 24.3. The van der Waals surface area contributed by atoms with Crippen LogP contribution in [0.1, 0.15) is 11.1 Å². The first-order chi connectivity index (χ1) is 16.2. The van der Waals surface area contributed by atoms with Gasteiger partial charge in [-0.05, 0) is 37.3 Å². The summed E-state index contributed by atoms with van der Waals surface area (Å²) < 4.78 is 41.1. The van der Waals surface area contributed by atoms with Gasteiger partial charge in [-0.2, -0.15) is 13.2 Å². The van der Waals surface area contributed by atoms with Gasteiger partial charge in [0.05, 0.1) is 16.3 Å². The SMILES string of the molecule is Cc1ccc(-n2c(SCC(=O)Nc3ccc(Cl)c(C(F)(F)F)c3)nnc2-c2ccccc2)cc1. The lowest BCUT2D eigenvalue weighted by Crippen LogP contribution is -2.15. The number of aryl methyl sites for hydroxylation is 1. The molecule has 1 heterocycles. The quantitative estimate of drug-likeness (QED) is 0.300. The zero-order valence-electron chi connectivity index (χ0n) is 17.8. The molecule has 4 aromatic rings. The molecule has 174 valence electrons. The first-order valence-electron chi connectivity index (χ1n) is 10.1. The van der Waals surface area contributed by atoms with Gasteiger partial charge in [-0.3, -0.25) is 9.36 Å². The lowest BCUT2D eigenvalue weighted by atomic mass is 10.2. The predicted octanol–water partition coefficient (Wildman–Crippen LogP) is 6.65. The number of carbonyl (C=O) groups is 1. The summed E-state index contributed by atoms with van der Waals surface area (Å²) in [6.45, 7) is 1.98. The van der Waals surface area contributed by atoms with E-state index in [4.69, 9.17) is 11.6 Å². The van der Waals surface area contributed by atoms with Gasteiger partial charge in [-0.1, -0.05) is 71.4 Å². The molecule has 0 radical (unpaired) electrons. The minimum atomic E-state index is -4.62. The van der Waals surface area contributed by atoms with E-state index in [-0.39, 0.29) is 11.4 Å². The molecule has 0 atom stereocenters. The number of halogens is 4. The van der Waals surface area contributed by atoms with Crippen LogP contribution in [0.2, 0.25) is 5.02 Å². The van der Waals surface area contributed by atoms with E-state index in [1.54, 1.807) is 0 Å². The van der Waals surface area contributed by atoms with Crippen LogP contribution in [0, 0.1) is 6.92 Å². The molecule has 0 bridgehead atoms. The van der Waals surface area contributed by atoms with Gasteiger partial charge >= 0.3 is 6.18 Å². The minimum Gasteiger partial charge on any atom is -0.325 e. The Morgan fingerprint density at radius 2 is 1.74 bits per heavy atom. The average molecular weight is 503 g/mol. The Bertz CT molecular complexity index is 1310. The molecule has 10 heteroatoms. The van der Waals surface area contributed by atoms with Gasteiger partial charge in [0.1, 0.15) is 0 Å². The van der Waals surface area contributed by atoms with Crippen molar-refractivity contribution in [3.05, 3.63) is 88.9 Å². The van der Waals surface area contributed by atoms with Gasteiger partial charge in [0.15, 0.2) is 11.0 Å². The molecular formula is C24H18ClF3N4OS. The molecule has 5 nitrogen and oxygen atoms in total. The van der Waals surface area contributed by atoms with Crippen LogP contribution >= 0.6 is 23.4 Å². The molecule has 1 amide bonds. The number of benzene rings is 3. The second-order valence-electron chi connectivity index (χ2n) is 7.37. The van der Waals surface area contributed by atoms with Crippen LogP contribution in [0.15, 0.2) is 78.0 Å². The molecule has 0 saturated carbocycles. The number of amides is 1. The van der Waals surface area contributed by atoms with E-state index in [1.807, 2.05) is 66.1 Å². The Morgan fingerprint density at radius 1 is 1.03 bits per heavy atom. The van der Waals surface area contributed by atoms with E-state index in [1.165, 1.54) is 6.07 Å². The molecule has 0 aliphatic rings. The number of hydrogen-bond acceptors (Lipinski definition) is 4. The Morgan fingerprint density at radius 3 is 2.41 bits per heavy atom. The summed E-state index contributed by atoms with van der Waals surface area (Å²) in [4.78, 5) is 12.5. The van der Waals surface area contributed by atoms with Gasteiger partial charge in [0.2, 0.25) is 5.91 Å². The summed E-state index contributed by atoms with van der Waals surface area (Å²) in [5.41, 5.74) is 1.77. The molecule has 1 aromatic heterocycles. The van der Waals surface area contributed by atoms with Crippen molar-refractivity contribution in [2.45, 2.75) is 18.3 Å². The fourth-order valence-corrected chi connectivity index (χ4v) is 4.19. The average Bonchev–Trinajstić information content (AvgIpc) is 3.23. The molecule has 0 fully saturated rings. The van der Waals surface area contributed by atoms with Crippen LogP contribution in [0.4, 0.5) is 18.9 Å². The molecule has 4 rings (SSSR count). The lowest BCUT2D eigenvalue weighted by molar-refractivity contribution is -0.137. The highest BCUT2D eigenvalue weighted by atomic mass is 35.5. The number of rotatable bonds is 6. The summed E-state index contributed by atoms with van der Waals surface area (Å²) in [5, 5.41) is 11.1. The Balaban J connectivity index is 1.56. The molecule has 0 aliphatic carbocycles. The summed E-state index contributed by atoms with van der Waals surface area (Å²) in [6, 6.07) is 20.5.